The minimum absolute atomic E-state index is 0.117. The number of aliphatic hydroxyl groups excluding tert-OH is 1. The van der Waals surface area contributed by atoms with Crippen LogP contribution in [0.15, 0.2) is 60.7 Å². The van der Waals surface area contributed by atoms with Crippen LogP contribution in [0.1, 0.15) is 29.2 Å². The van der Waals surface area contributed by atoms with E-state index in [-0.39, 0.29) is 23.4 Å². The van der Waals surface area contributed by atoms with Gasteiger partial charge in [0.05, 0.1) is 11.6 Å². The zero-order valence-corrected chi connectivity index (χ0v) is 19.2. The number of benzene rings is 2. The topological polar surface area (TPSA) is 70.1 Å². The molecule has 1 atom stereocenters. The van der Waals surface area contributed by atoms with Crippen LogP contribution >= 0.6 is 0 Å². The fourth-order valence-corrected chi connectivity index (χ4v) is 3.95. The smallest absolute Gasteiger partial charge is 0.295 e. The van der Waals surface area contributed by atoms with Crippen molar-refractivity contribution in [2.24, 2.45) is 0 Å². The van der Waals surface area contributed by atoms with Crippen molar-refractivity contribution in [2.75, 3.05) is 33.8 Å². The summed E-state index contributed by atoms with van der Waals surface area (Å²) in [5.41, 5.74) is 1.15. The number of nitrogens with zero attached hydrogens (tertiary/aromatic N) is 2. The number of carbonyl (C=O) groups is 2. The van der Waals surface area contributed by atoms with E-state index in [1.807, 2.05) is 25.9 Å². The molecule has 1 aliphatic rings. The molecule has 3 rings (SSSR count). The number of halogens is 1. The molecule has 0 aromatic heterocycles. The molecule has 1 saturated heterocycles. The largest absolute Gasteiger partial charge is 0.507 e. The van der Waals surface area contributed by atoms with Gasteiger partial charge < -0.3 is 19.6 Å². The van der Waals surface area contributed by atoms with E-state index in [9.17, 15) is 19.1 Å². The fraction of sp³-hybridized carbons (Fsp3) is 0.308. The number of ketones is 1. The van der Waals surface area contributed by atoms with Gasteiger partial charge in [-0.3, -0.25) is 9.59 Å². The molecule has 1 N–H and O–H groups in total. The van der Waals surface area contributed by atoms with Crippen LogP contribution in [0, 0.1) is 12.7 Å². The van der Waals surface area contributed by atoms with Gasteiger partial charge in [-0.05, 0) is 63.8 Å². The van der Waals surface area contributed by atoms with E-state index >= 15 is 0 Å². The standard InChI is InChI=1S/C26H29FN2O4/c1-5-15-33-21-12-11-18(16-17(21)2)24(30)22-23(19-9-6-7-10-20(19)27)29(26(32)25(22)31)14-8-13-28(3)4/h5-7,9-12,16,23,30H,1,8,13-15H2,2-4H3/t23-/m1/s1. The summed E-state index contributed by atoms with van der Waals surface area (Å²) in [5.74, 6) is -1.84. The maximum atomic E-state index is 14.8. The molecule has 1 fully saturated rings. The molecule has 6 nitrogen and oxygen atoms in total. The maximum Gasteiger partial charge on any atom is 0.295 e. The summed E-state index contributed by atoms with van der Waals surface area (Å²) in [6, 6.07) is 9.96. The Morgan fingerprint density at radius 2 is 1.97 bits per heavy atom. The summed E-state index contributed by atoms with van der Waals surface area (Å²) in [5, 5.41) is 11.1. The number of aryl methyl sites for hydroxylation is 1. The van der Waals surface area contributed by atoms with E-state index in [0.717, 1.165) is 5.56 Å². The molecule has 0 saturated carbocycles. The van der Waals surface area contributed by atoms with E-state index in [1.54, 1.807) is 36.4 Å². The normalized spacial score (nSPS) is 17.6. The number of aliphatic hydroxyl groups is 1. The second-order valence-corrected chi connectivity index (χ2v) is 8.25. The highest BCUT2D eigenvalue weighted by molar-refractivity contribution is 6.46. The van der Waals surface area contributed by atoms with Gasteiger partial charge in [0.15, 0.2) is 0 Å². The molecule has 0 unspecified atom stereocenters. The van der Waals surface area contributed by atoms with Gasteiger partial charge in [-0.25, -0.2) is 4.39 Å². The van der Waals surface area contributed by atoms with Crippen LogP contribution < -0.4 is 4.74 Å². The summed E-state index contributed by atoms with van der Waals surface area (Å²) in [7, 11) is 3.82. The number of amides is 1. The van der Waals surface area contributed by atoms with Crippen LogP contribution in [0.2, 0.25) is 0 Å². The lowest BCUT2D eigenvalue weighted by Crippen LogP contribution is -2.32. The van der Waals surface area contributed by atoms with Gasteiger partial charge in [0, 0.05) is 17.7 Å². The highest BCUT2D eigenvalue weighted by atomic mass is 19.1. The number of hydrogen-bond acceptors (Lipinski definition) is 5. The van der Waals surface area contributed by atoms with E-state index in [2.05, 4.69) is 6.58 Å². The Morgan fingerprint density at radius 1 is 1.24 bits per heavy atom. The SMILES string of the molecule is C=CCOc1ccc(C(O)=C2C(=O)C(=O)N(CCCN(C)C)[C@@H]2c2ccccc2F)cc1C. The second kappa shape index (κ2) is 10.4. The summed E-state index contributed by atoms with van der Waals surface area (Å²) < 4.78 is 20.4. The van der Waals surface area contributed by atoms with Crippen molar-refractivity contribution in [2.45, 2.75) is 19.4 Å². The van der Waals surface area contributed by atoms with Gasteiger partial charge in [0.1, 0.15) is 23.9 Å². The molecule has 2 aromatic rings. The zero-order valence-electron chi connectivity index (χ0n) is 19.2. The van der Waals surface area contributed by atoms with Crippen molar-refractivity contribution in [3.8, 4) is 5.75 Å². The number of carbonyl (C=O) groups excluding carboxylic acids is 2. The van der Waals surface area contributed by atoms with Crippen LogP contribution in [-0.2, 0) is 9.59 Å². The Balaban J connectivity index is 2.08. The van der Waals surface area contributed by atoms with E-state index < -0.39 is 23.5 Å². The van der Waals surface area contributed by atoms with Crippen molar-refractivity contribution < 1.29 is 23.8 Å². The first-order valence-corrected chi connectivity index (χ1v) is 10.8. The number of Topliss-reactive ketones (excluding diaryl/α,β-unsaturated/α-hetero) is 1. The minimum Gasteiger partial charge on any atom is -0.507 e. The minimum atomic E-state index is -1.01. The average molecular weight is 453 g/mol. The predicted octanol–water partition coefficient (Wildman–Crippen LogP) is 4.07. The van der Waals surface area contributed by atoms with E-state index in [0.29, 0.717) is 30.9 Å². The Hall–Kier alpha value is -3.45. The molecule has 2 aromatic carbocycles. The second-order valence-electron chi connectivity index (χ2n) is 8.25. The molecule has 0 bridgehead atoms. The van der Waals surface area contributed by atoms with Gasteiger partial charge in [0.2, 0.25) is 0 Å². The molecular weight excluding hydrogens is 423 g/mol. The van der Waals surface area contributed by atoms with Crippen molar-refractivity contribution >= 4 is 17.4 Å². The molecule has 7 heteroatoms. The quantitative estimate of drug-likeness (QED) is 0.269. The van der Waals surface area contributed by atoms with Crippen LogP contribution in [0.5, 0.6) is 5.75 Å². The third kappa shape index (κ3) is 5.14. The summed E-state index contributed by atoms with van der Waals surface area (Å²) in [4.78, 5) is 29.3. The fourth-order valence-electron chi connectivity index (χ4n) is 3.95. The van der Waals surface area contributed by atoms with E-state index in [4.69, 9.17) is 4.74 Å². The van der Waals surface area contributed by atoms with Crippen molar-refractivity contribution in [1.29, 1.82) is 0 Å². The Bertz CT molecular complexity index is 1090. The van der Waals surface area contributed by atoms with Crippen LogP contribution in [-0.4, -0.2) is 60.4 Å². The summed E-state index contributed by atoms with van der Waals surface area (Å²) in [6.07, 6.45) is 2.22. The lowest BCUT2D eigenvalue weighted by atomic mass is 9.94. The third-order valence-corrected chi connectivity index (χ3v) is 5.55. The molecule has 33 heavy (non-hydrogen) atoms. The molecule has 1 amide bonds. The van der Waals surface area contributed by atoms with Crippen molar-refractivity contribution in [3.63, 3.8) is 0 Å². The van der Waals surface area contributed by atoms with Gasteiger partial charge in [-0.15, -0.1) is 0 Å². The molecule has 1 aliphatic heterocycles. The summed E-state index contributed by atoms with van der Waals surface area (Å²) >= 11 is 0. The number of hydrogen-bond donors (Lipinski definition) is 1. The lowest BCUT2D eigenvalue weighted by molar-refractivity contribution is -0.140. The lowest BCUT2D eigenvalue weighted by Gasteiger charge is -2.26. The van der Waals surface area contributed by atoms with Gasteiger partial charge in [-0.2, -0.15) is 0 Å². The first-order valence-electron chi connectivity index (χ1n) is 10.8. The Morgan fingerprint density at radius 3 is 2.61 bits per heavy atom. The average Bonchev–Trinajstić information content (AvgIpc) is 3.02. The highest BCUT2D eigenvalue weighted by Gasteiger charge is 2.46. The van der Waals surface area contributed by atoms with Crippen LogP contribution in [0.3, 0.4) is 0 Å². The molecule has 174 valence electrons. The van der Waals surface area contributed by atoms with Gasteiger partial charge in [-0.1, -0.05) is 30.9 Å². The van der Waals surface area contributed by atoms with Gasteiger partial charge >= 0.3 is 0 Å². The first-order chi connectivity index (χ1) is 15.8. The van der Waals surface area contributed by atoms with E-state index in [1.165, 1.54) is 17.0 Å². The van der Waals surface area contributed by atoms with Crippen LogP contribution in [0.25, 0.3) is 5.76 Å². The summed E-state index contributed by atoms with van der Waals surface area (Å²) in [6.45, 7) is 6.71. The molecule has 1 heterocycles. The van der Waals surface area contributed by atoms with Crippen LogP contribution in [0.4, 0.5) is 4.39 Å². The predicted molar refractivity (Wildman–Crippen MR) is 125 cm³/mol. The maximum absolute atomic E-state index is 14.8. The number of rotatable bonds is 9. The Labute approximate surface area is 193 Å². The molecular formula is C26H29FN2O4. The first kappa shape index (κ1) is 24.2. The van der Waals surface area contributed by atoms with Crippen molar-refractivity contribution in [1.82, 2.24) is 9.80 Å². The Kier molecular flexibility index (Phi) is 7.66. The number of ether oxygens (including phenoxy) is 1. The molecule has 0 aliphatic carbocycles. The van der Waals surface area contributed by atoms with Crippen molar-refractivity contribution in [3.05, 3.63) is 83.2 Å². The highest BCUT2D eigenvalue weighted by Crippen LogP contribution is 2.40. The monoisotopic (exact) mass is 452 g/mol. The van der Waals surface area contributed by atoms with Gasteiger partial charge in [0.25, 0.3) is 11.7 Å². The molecule has 0 radical (unpaired) electrons. The third-order valence-electron chi connectivity index (χ3n) is 5.55. The number of likely N-dealkylation sites (tertiary alicyclic amines) is 1. The molecule has 0 spiro atoms. The zero-order chi connectivity index (χ0) is 24.1.